The SMILES string of the molecule is CC[C@@H]1Cc2ccccc2CN1C(=O)[C@H]1C[C@H]1C(=O)O. The van der Waals surface area contributed by atoms with Crippen LogP contribution in [0.3, 0.4) is 0 Å². The summed E-state index contributed by atoms with van der Waals surface area (Å²) in [5.41, 5.74) is 2.51. The number of carboxylic acids is 1. The number of nitrogens with zero attached hydrogens (tertiary/aromatic N) is 1. The molecule has 106 valence electrons. The summed E-state index contributed by atoms with van der Waals surface area (Å²) < 4.78 is 0. The van der Waals surface area contributed by atoms with Crippen molar-refractivity contribution >= 4 is 11.9 Å². The summed E-state index contributed by atoms with van der Waals surface area (Å²) in [5, 5.41) is 8.98. The summed E-state index contributed by atoms with van der Waals surface area (Å²) in [6.07, 6.45) is 2.29. The summed E-state index contributed by atoms with van der Waals surface area (Å²) in [5.74, 6) is -1.57. The van der Waals surface area contributed by atoms with Crippen LogP contribution in [-0.4, -0.2) is 27.9 Å². The normalized spacial score (nSPS) is 27.9. The number of fused-ring (bicyclic) bond motifs is 1. The standard InChI is InChI=1S/C16H19NO3/c1-2-12-7-10-5-3-4-6-11(10)9-17(12)15(18)13-8-14(13)16(19)20/h3-6,12-14H,2,7-9H2,1H3,(H,19,20)/t12-,13+,14-/m1/s1. The Balaban J connectivity index is 1.79. The maximum Gasteiger partial charge on any atom is 0.307 e. The molecule has 20 heavy (non-hydrogen) atoms. The fourth-order valence-corrected chi connectivity index (χ4v) is 3.16. The minimum absolute atomic E-state index is 0.0266. The molecule has 1 heterocycles. The fourth-order valence-electron chi connectivity index (χ4n) is 3.16. The Morgan fingerprint density at radius 1 is 1.25 bits per heavy atom. The van der Waals surface area contributed by atoms with Gasteiger partial charge in [0, 0.05) is 12.6 Å². The van der Waals surface area contributed by atoms with Gasteiger partial charge in [-0.25, -0.2) is 0 Å². The number of benzene rings is 1. The molecule has 3 rings (SSSR count). The van der Waals surface area contributed by atoms with E-state index in [0.717, 1.165) is 12.8 Å². The molecule has 0 bridgehead atoms. The van der Waals surface area contributed by atoms with Crippen molar-refractivity contribution in [1.82, 2.24) is 4.90 Å². The van der Waals surface area contributed by atoms with Crippen LogP contribution in [0.25, 0.3) is 0 Å². The fraction of sp³-hybridized carbons (Fsp3) is 0.500. The van der Waals surface area contributed by atoms with Gasteiger partial charge in [-0.2, -0.15) is 0 Å². The van der Waals surface area contributed by atoms with Crippen molar-refractivity contribution in [3.63, 3.8) is 0 Å². The van der Waals surface area contributed by atoms with Gasteiger partial charge in [0.1, 0.15) is 0 Å². The van der Waals surface area contributed by atoms with Gasteiger partial charge in [-0.05, 0) is 30.4 Å². The van der Waals surface area contributed by atoms with Gasteiger partial charge in [0.25, 0.3) is 0 Å². The monoisotopic (exact) mass is 273 g/mol. The van der Waals surface area contributed by atoms with Gasteiger partial charge in [0.15, 0.2) is 0 Å². The zero-order valence-corrected chi connectivity index (χ0v) is 11.6. The van der Waals surface area contributed by atoms with E-state index in [4.69, 9.17) is 5.11 Å². The molecule has 3 atom stereocenters. The lowest BCUT2D eigenvalue weighted by molar-refractivity contribution is -0.143. The van der Waals surface area contributed by atoms with Crippen molar-refractivity contribution in [2.75, 3.05) is 0 Å². The molecule has 0 saturated heterocycles. The molecule has 1 aromatic carbocycles. The van der Waals surface area contributed by atoms with E-state index < -0.39 is 11.9 Å². The molecule has 4 nitrogen and oxygen atoms in total. The van der Waals surface area contributed by atoms with Gasteiger partial charge in [-0.1, -0.05) is 31.2 Å². The number of rotatable bonds is 3. The molecule has 1 saturated carbocycles. The average Bonchev–Trinajstić information content (AvgIpc) is 3.25. The maximum atomic E-state index is 12.5. The molecule has 0 spiro atoms. The molecule has 1 fully saturated rings. The average molecular weight is 273 g/mol. The van der Waals surface area contributed by atoms with Crippen molar-refractivity contribution in [3.8, 4) is 0 Å². The summed E-state index contributed by atoms with van der Waals surface area (Å²) in [6.45, 7) is 2.71. The summed E-state index contributed by atoms with van der Waals surface area (Å²) >= 11 is 0. The van der Waals surface area contributed by atoms with Crippen molar-refractivity contribution in [1.29, 1.82) is 0 Å². The molecule has 1 N–H and O–H groups in total. The first-order valence-electron chi connectivity index (χ1n) is 7.22. The minimum Gasteiger partial charge on any atom is -0.481 e. The minimum atomic E-state index is -0.839. The third-order valence-corrected chi connectivity index (χ3v) is 4.53. The molecule has 1 aliphatic carbocycles. The molecule has 0 aromatic heterocycles. The molecular formula is C16H19NO3. The largest absolute Gasteiger partial charge is 0.481 e. The van der Waals surface area contributed by atoms with Crippen LogP contribution in [0.4, 0.5) is 0 Å². The third-order valence-electron chi connectivity index (χ3n) is 4.53. The number of hydrogen-bond donors (Lipinski definition) is 1. The number of hydrogen-bond acceptors (Lipinski definition) is 2. The van der Waals surface area contributed by atoms with Gasteiger partial charge in [0.05, 0.1) is 11.8 Å². The number of carbonyl (C=O) groups is 2. The molecule has 1 amide bonds. The molecule has 1 aliphatic heterocycles. The van der Waals surface area contributed by atoms with Crippen LogP contribution in [-0.2, 0) is 22.6 Å². The highest BCUT2D eigenvalue weighted by Gasteiger charge is 2.50. The van der Waals surface area contributed by atoms with Gasteiger partial charge < -0.3 is 10.0 Å². The summed E-state index contributed by atoms with van der Waals surface area (Å²) in [7, 11) is 0. The third kappa shape index (κ3) is 2.19. The zero-order valence-electron chi connectivity index (χ0n) is 11.6. The molecule has 2 aliphatic rings. The van der Waals surface area contributed by atoms with E-state index in [0.29, 0.717) is 13.0 Å². The molecular weight excluding hydrogens is 254 g/mol. The first kappa shape index (κ1) is 13.2. The van der Waals surface area contributed by atoms with E-state index in [2.05, 4.69) is 19.1 Å². The van der Waals surface area contributed by atoms with E-state index in [1.54, 1.807) is 0 Å². The van der Waals surface area contributed by atoms with Gasteiger partial charge in [-0.15, -0.1) is 0 Å². The van der Waals surface area contributed by atoms with E-state index in [9.17, 15) is 9.59 Å². The van der Waals surface area contributed by atoms with Crippen LogP contribution in [0.2, 0.25) is 0 Å². The topological polar surface area (TPSA) is 57.6 Å². The Hall–Kier alpha value is -1.84. The number of carbonyl (C=O) groups excluding carboxylic acids is 1. The molecule has 0 radical (unpaired) electrons. The van der Waals surface area contributed by atoms with Crippen LogP contribution in [0.5, 0.6) is 0 Å². The van der Waals surface area contributed by atoms with Crippen LogP contribution < -0.4 is 0 Å². The Kier molecular flexibility index (Phi) is 3.24. The Bertz CT molecular complexity index is 554. The van der Waals surface area contributed by atoms with E-state index in [1.807, 2.05) is 17.0 Å². The van der Waals surface area contributed by atoms with E-state index in [1.165, 1.54) is 11.1 Å². The second-order valence-corrected chi connectivity index (χ2v) is 5.79. The number of aliphatic carboxylic acids is 1. The van der Waals surface area contributed by atoms with Crippen LogP contribution >= 0.6 is 0 Å². The Morgan fingerprint density at radius 3 is 2.55 bits per heavy atom. The molecule has 1 aromatic rings. The smallest absolute Gasteiger partial charge is 0.307 e. The second kappa shape index (κ2) is 4.93. The number of amides is 1. The second-order valence-electron chi connectivity index (χ2n) is 5.79. The molecule has 4 heteroatoms. The Morgan fingerprint density at radius 2 is 1.95 bits per heavy atom. The summed E-state index contributed by atoms with van der Waals surface area (Å²) in [4.78, 5) is 25.4. The van der Waals surface area contributed by atoms with Crippen LogP contribution in [0.15, 0.2) is 24.3 Å². The van der Waals surface area contributed by atoms with Crippen LogP contribution in [0, 0.1) is 11.8 Å². The quantitative estimate of drug-likeness (QED) is 0.917. The zero-order chi connectivity index (χ0) is 14.3. The van der Waals surface area contributed by atoms with Crippen molar-refractivity contribution < 1.29 is 14.7 Å². The highest BCUT2D eigenvalue weighted by molar-refractivity contribution is 5.89. The van der Waals surface area contributed by atoms with E-state index >= 15 is 0 Å². The van der Waals surface area contributed by atoms with Crippen molar-refractivity contribution in [2.24, 2.45) is 11.8 Å². The lowest BCUT2D eigenvalue weighted by Gasteiger charge is -2.36. The van der Waals surface area contributed by atoms with Gasteiger partial charge in [-0.3, -0.25) is 9.59 Å². The van der Waals surface area contributed by atoms with Crippen molar-refractivity contribution in [2.45, 2.75) is 38.8 Å². The first-order chi connectivity index (χ1) is 9.61. The summed E-state index contributed by atoms with van der Waals surface area (Å²) in [6, 6.07) is 8.41. The van der Waals surface area contributed by atoms with Crippen LogP contribution in [0.1, 0.15) is 30.9 Å². The molecule has 0 unspecified atom stereocenters. The predicted octanol–water partition coefficient (Wildman–Crippen LogP) is 2.07. The Labute approximate surface area is 118 Å². The van der Waals surface area contributed by atoms with Gasteiger partial charge >= 0.3 is 5.97 Å². The van der Waals surface area contributed by atoms with E-state index in [-0.39, 0.29) is 17.9 Å². The predicted molar refractivity (Wildman–Crippen MR) is 74.0 cm³/mol. The maximum absolute atomic E-state index is 12.5. The highest BCUT2D eigenvalue weighted by atomic mass is 16.4. The lowest BCUT2D eigenvalue weighted by atomic mass is 9.92. The highest BCUT2D eigenvalue weighted by Crippen LogP contribution is 2.41. The van der Waals surface area contributed by atoms with Gasteiger partial charge in [0.2, 0.25) is 5.91 Å². The lowest BCUT2D eigenvalue weighted by Crippen LogP contribution is -2.45. The number of carboxylic acid groups (broad SMARTS) is 1. The first-order valence-corrected chi connectivity index (χ1v) is 7.22. The van der Waals surface area contributed by atoms with Crippen molar-refractivity contribution in [3.05, 3.63) is 35.4 Å².